The molecule has 11 heteroatoms. The van der Waals surface area contributed by atoms with Crippen LogP contribution in [0, 0.1) is 5.41 Å². The van der Waals surface area contributed by atoms with Crippen LogP contribution in [-0.4, -0.2) is 70.5 Å². The number of benzene rings is 2. The molecule has 0 spiro atoms. The first-order chi connectivity index (χ1) is 18.2. The number of hydrogen-bond donors (Lipinski definition) is 0. The number of hydrogen-bond acceptors (Lipinski definition) is 6. The first-order valence-electron chi connectivity index (χ1n) is 12.8. The van der Waals surface area contributed by atoms with E-state index in [1.165, 1.54) is 30.7 Å². The van der Waals surface area contributed by atoms with Gasteiger partial charge in [0.15, 0.2) is 0 Å². The average molecular weight is 586 g/mol. The van der Waals surface area contributed by atoms with Gasteiger partial charge >= 0.3 is 0 Å². The summed E-state index contributed by atoms with van der Waals surface area (Å²) in [6.07, 6.45) is 4.53. The number of piperidine rings is 2. The molecule has 1 unspecified atom stereocenters. The first-order valence-corrected chi connectivity index (χ1v) is 14.9. The lowest BCUT2D eigenvalue weighted by atomic mass is 9.78. The fourth-order valence-electron chi connectivity index (χ4n) is 5.20. The Kier molecular flexibility index (Phi) is 9.34. The van der Waals surface area contributed by atoms with Crippen LogP contribution >= 0.6 is 23.2 Å². The van der Waals surface area contributed by atoms with Crippen molar-refractivity contribution in [2.75, 3.05) is 47.0 Å². The summed E-state index contributed by atoms with van der Waals surface area (Å²) in [7, 11) is -1.15. The molecular weight excluding hydrogens is 551 g/mol. The summed E-state index contributed by atoms with van der Waals surface area (Å²) in [4.78, 5) is 15.3. The van der Waals surface area contributed by atoms with Gasteiger partial charge in [0.2, 0.25) is 15.9 Å². The van der Waals surface area contributed by atoms with Crippen molar-refractivity contribution in [3.63, 3.8) is 0 Å². The molecule has 1 amide bonds. The first kappa shape index (κ1) is 28.8. The Hall–Kier alpha value is -2.20. The zero-order chi connectivity index (χ0) is 27.3. The van der Waals surface area contributed by atoms with Crippen molar-refractivity contribution in [3.05, 3.63) is 46.4 Å². The largest absolute Gasteiger partial charge is 0.495 e. The molecule has 2 heterocycles. The van der Waals surface area contributed by atoms with Gasteiger partial charge < -0.3 is 19.1 Å². The van der Waals surface area contributed by atoms with E-state index in [0.717, 1.165) is 32.4 Å². The molecule has 2 aromatic rings. The lowest BCUT2D eigenvalue weighted by Gasteiger charge is -2.42. The van der Waals surface area contributed by atoms with E-state index in [0.29, 0.717) is 35.9 Å². The summed E-state index contributed by atoms with van der Waals surface area (Å²) in [5, 5.41) is 0.760. The molecule has 2 aliphatic heterocycles. The second-order valence-corrected chi connectivity index (χ2v) is 12.7. The molecule has 0 aromatic heterocycles. The third-order valence-electron chi connectivity index (χ3n) is 7.28. The maximum Gasteiger partial charge on any atom is 0.246 e. The number of rotatable bonds is 9. The Morgan fingerprint density at radius 3 is 2.29 bits per heavy atom. The van der Waals surface area contributed by atoms with Crippen molar-refractivity contribution in [1.29, 1.82) is 0 Å². The van der Waals surface area contributed by atoms with Gasteiger partial charge in [-0.3, -0.25) is 4.79 Å². The summed E-state index contributed by atoms with van der Waals surface area (Å²) in [5.41, 5.74) is -0.705. The molecule has 2 aromatic carbocycles. The number of amides is 1. The van der Waals surface area contributed by atoms with E-state index in [4.69, 9.17) is 37.4 Å². The molecule has 2 aliphatic rings. The molecule has 38 heavy (non-hydrogen) atoms. The van der Waals surface area contributed by atoms with Crippen molar-refractivity contribution in [2.24, 2.45) is 5.41 Å². The monoisotopic (exact) mass is 584 g/mol. The molecule has 1 atom stereocenters. The van der Waals surface area contributed by atoms with E-state index in [1.807, 2.05) is 4.90 Å². The van der Waals surface area contributed by atoms with Crippen LogP contribution in [0.5, 0.6) is 17.2 Å². The number of carbonyl (C=O) groups excluding carboxylic acids is 1. The van der Waals surface area contributed by atoms with Crippen LogP contribution in [0.15, 0.2) is 41.3 Å². The standard InChI is InChI=1S/C27H34Cl2N2O6S/c1-35-23-16-24(36-2)25(15-22(23)29)38(33,34)31-14-6-11-27(18-31,17-26(32)30-12-4-3-5-13-30)19-37-21-9-7-20(28)8-10-21/h7-10,15-16H,3-6,11-14,17-19H2,1-2H3. The Morgan fingerprint density at radius 2 is 1.63 bits per heavy atom. The van der Waals surface area contributed by atoms with Crippen LogP contribution < -0.4 is 14.2 Å². The number of likely N-dealkylation sites (tertiary alicyclic amines) is 1. The molecule has 2 fully saturated rings. The summed E-state index contributed by atoms with van der Waals surface area (Å²) in [5.74, 6) is 1.11. The number of carbonyl (C=O) groups is 1. The fraction of sp³-hybridized carbons (Fsp3) is 0.519. The topological polar surface area (TPSA) is 85.4 Å². The van der Waals surface area contributed by atoms with Gasteiger partial charge in [-0.25, -0.2) is 8.42 Å². The summed E-state index contributed by atoms with van der Waals surface area (Å²) < 4.78 is 46.0. The predicted octanol–water partition coefficient (Wildman–Crippen LogP) is 5.26. The number of halogens is 2. The van der Waals surface area contributed by atoms with Crippen molar-refractivity contribution in [1.82, 2.24) is 9.21 Å². The molecular formula is C27H34Cl2N2O6S. The summed E-state index contributed by atoms with van der Waals surface area (Å²) in [6.45, 7) is 2.11. The van der Waals surface area contributed by atoms with Gasteiger partial charge in [-0.15, -0.1) is 0 Å². The molecule has 8 nitrogen and oxygen atoms in total. The maximum absolute atomic E-state index is 13.9. The molecule has 0 saturated carbocycles. The minimum absolute atomic E-state index is 0.0359. The van der Waals surface area contributed by atoms with Crippen LogP contribution in [0.25, 0.3) is 0 Å². The Bertz CT molecular complexity index is 1230. The Labute approximate surface area is 234 Å². The van der Waals surface area contributed by atoms with Gasteiger partial charge in [-0.1, -0.05) is 23.2 Å². The Morgan fingerprint density at radius 1 is 0.947 bits per heavy atom. The third-order valence-corrected chi connectivity index (χ3v) is 9.69. The molecule has 4 rings (SSSR count). The van der Waals surface area contributed by atoms with E-state index < -0.39 is 15.4 Å². The highest BCUT2D eigenvalue weighted by Crippen LogP contribution is 2.41. The second-order valence-electron chi connectivity index (χ2n) is 9.94. The minimum atomic E-state index is -4.00. The van der Waals surface area contributed by atoms with Crippen LogP contribution in [0.1, 0.15) is 38.5 Å². The smallest absolute Gasteiger partial charge is 0.246 e. The van der Waals surface area contributed by atoms with Gasteiger partial charge in [0.25, 0.3) is 0 Å². The summed E-state index contributed by atoms with van der Waals surface area (Å²) in [6, 6.07) is 9.83. The maximum atomic E-state index is 13.9. The molecule has 0 bridgehead atoms. The average Bonchev–Trinajstić information content (AvgIpc) is 2.93. The normalized spacial score (nSPS) is 20.7. The van der Waals surface area contributed by atoms with Crippen molar-refractivity contribution < 1.29 is 27.4 Å². The predicted molar refractivity (Wildman–Crippen MR) is 147 cm³/mol. The number of sulfonamides is 1. The number of nitrogens with zero attached hydrogens (tertiary/aromatic N) is 2. The van der Waals surface area contributed by atoms with E-state index in [9.17, 15) is 13.2 Å². The highest BCUT2D eigenvalue weighted by Gasteiger charge is 2.44. The zero-order valence-electron chi connectivity index (χ0n) is 21.8. The SMILES string of the molecule is COc1cc(OC)c(S(=O)(=O)N2CCCC(COc3ccc(Cl)cc3)(CC(=O)N3CCCCC3)C2)cc1Cl. The van der Waals surface area contributed by atoms with E-state index in [2.05, 4.69) is 0 Å². The quantitative estimate of drug-likeness (QED) is 0.399. The van der Waals surface area contributed by atoms with Crippen LogP contribution in [0.4, 0.5) is 0 Å². The van der Waals surface area contributed by atoms with E-state index in [-0.39, 0.29) is 41.1 Å². The van der Waals surface area contributed by atoms with Gasteiger partial charge in [0.05, 0.1) is 25.8 Å². The van der Waals surface area contributed by atoms with Gasteiger partial charge in [-0.2, -0.15) is 4.31 Å². The second kappa shape index (κ2) is 12.3. The molecule has 0 radical (unpaired) electrons. The molecule has 2 saturated heterocycles. The summed E-state index contributed by atoms with van der Waals surface area (Å²) >= 11 is 12.3. The lowest BCUT2D eigenvalue weighted by Crippen LogP contribution is -2.51. The highest BCUT2D eigenvalue weighted by molar-refractivity contribution is 7.89. The fourth-order valence-corrected chi connectivity index (χ4v) is 7.38. The number of methoxy groups -OCH3 is 2. The lowest BCUT2D eigenvalue weighted by molar-refractivity contribution is -0.136. The van der Waals surface area contributed by atoms with Crippen LogP contribution in [0.2, 0.25) is 10.0 Å². The van der Waals surface area contributed by atoms with Crippen LogP contribution in [0.3, 0.4) is 0 Å². The van der Waals surface area contributed by atoms with Gasteiger partial charge in [0, 0.05) is 49.1 Å². The van der Waals surface area contributed by atoms with E-state index in [1.54, 1.807) is 24.3 Å². The molecule has 0 aliphatic carbocycles. The zero-order valence-corrected chi connectivity index (χ0v) is 24.1. The van der Waals surface area contributed by atoms with Crippen molar-refractivity contribution in [2.45, 2.75) is 43.4 Å². The number of ether oxygens (including phenoxy) is 3. The van der Waals surface area contributed by atoms with E-state index >= 15 is 0 Å². The minimum Gasteiger partial charge on any atom is -0.495 e. The molecule has 0 N–H and O–H groups in total. The highest BCUT2D eigenvalue weighted by atomic mass is 35.5. The van der Waals surface area contributed by atoms with Crippen LogP contribution in [-0.2, 0) is 14.8 Å². The van der Waals surface area contributed by atoms with Crippen molar-refractivity contribution >= 4 is 39.1 Å². The van der Waals surface area contributed by atoms with Gasteiger partial charge in [-0.05, 0) is 62.4 Å². The van der Waals surface area contributed by atoms with Crippen molar-refractivity contribution in [3.8, 4) is 17.2 Å². The van der Waals surface area contributed by atoms with Gasteiger partial charge in [0.1, 0.15) is 22.1 Å². The third kappa shape index (κ3) is 6.50. The Balaban J connectivity index is 1.63. The molecule has 208 valence electrons.